The van der Waals surface area contributed by atoms with Gasteiger partial charge in [0.2, 0.25) is 0 Å². The number of rotatable bonds is 1. The van der Waals surface area contributed by atoms with Crippen LogP contribution in [0.1, 0.15) is 11.9 Å². The van der Waals surface area contributed by atoms with Crippen LogP contribution in [0.4, 0.5) is 0 Å². The van der Waals surface area contributed by atoms with Crippen molar-refractivity contribution in [3.05, 3.63) is 22.7 Å². The molecule has 1 saturated heterocycles. The molecule has 1 atom stereocenters. The minimum Gasteiger partial charge on any atom is -0.368 e. The second-order valence-corrected chi connectivity index (χ2v) is 3.74. The van der Waals surface area contributed by atoms with E-state index in [0.29, 0.717) is 0 Å². The molecule has 0 amide bonds. The maximum atomic E-state index is 5.50. The maximum absolute atomic E-state index is 5.50. The molecule has 1 aromatic rings. The van der Waals surface area contributed by atoms with Crippen molar-refractivity contribution in [3.8, 4) is 0 Å². The summed E-state index contributed by atoms with van der Waals surface area (Å²) in [5.74, 6) is 0.746. The third kappa shape index (κ3) is 2.24. The lowest BCUT2D eigenvalue weighted by Crippen LogP contribution is -2.34. The van der Waals surface area contributed by atoms with Crippen LogP contribution in [0.5, 0.6) is 0 Å². The van der Waals surface area contributed by atoms with E-state index in [1.54, 1.807) is 12.4 Å². The highest BCUT2D eigenvalue weighted by atomic mass is 79.9. The van der Waals surface area contributed by atoms with Gasteiger partial charge < -0.3 is 10.1 Å². The van der Waals surface area contributed by atoms with Crippen molar-refractivity contribution in [2.45, 2.75) is 6.10 Å². The molecule has 0 radical (unpaired) electrons. The molecule has 1 aliphatic heterocycles. The average Bonchev–Trinajstić information content (AvgIpc) is 2.20. The van der Waals surface area contributed by atoms with Gasteiger partial charge in [-0.2, -0.15) is 0 Å². The average molecular weight is 244 g/mol. The number of morpholine rings is 1. The third-order valence-electron chi connectivity index (χ3n) is 1.86. The molecule has 5 heteroatoms. The van der Waals surface area contributed by atoms with Gasteiger partial charge in [-0.25, -0.2) is 9.97 Å². The molecule has 4 nitrogen and oxygen atoms in total. The Balaban J connectivity index is 2.10. The van der Waals surface area contributed by atoms with Crippen LogP contribution in [0.25, 0.3) is 0 Å². The minimum atomic E-state index is 0.00171. The molecule has 2 heterocycles. The third-order valence-corrected chi connectivity index (χ3v) is 2.27. The second kappa shape index (κ2) is 4.13. The highest BCUT2D eigenvalue weighted by molar-refractivity contribution is 9.10. The van der Waals surface area contributed by atoms with Gasteiger partial charge in [0, 0.05) is 25.5 Å². The topological polar surface area (TPSA) is 47.0 Å². The molecular formula is C8H10BrN3O. The maximum Gasteiger partial charge on any atom is 0.158 e. The summed E-state index contributed by atoms with van der Waals surface area (Å²) in [6, 6.07) is 0. The number of aromatic nitrogens is 2. The van der Waals surface area contributed by atoms with E-state index in [-0.39, 0.29) is 6.10 Å². The summed E-state index contributed by atoms with van der Waals surface area (Å²) >= 11 is 3.29. The van der Waals surface area contributed by atoms with Crippen molar-refractivity contribution in [2.75, 3.05) is 19.7 Å². The van der Waals surface area contributed by atoms with Crippen LogP contribution in [0.2, 0.25) is 0 Å². The molecular weight excluding hydrogens is 234 g/mol. The van der Waals surface area contributed by atoms with E-state index < -0.39 is 0 Å². The monoisotopic (exact) mass is 243 g/mol. The van der Waals surface area contributed by atoms with Gasteiger partial charge in [-0.15, -0.1) is 0 Å². The van der Waals surface area contributed by atoms with Gasteiger partial charge in [-0.1, -0.05) is 0 Å². The molecule has 0 bridgehead atoms. The number of hydrogen-bond donors (Lipinski definition) is 1. The first-order valence-corrected chi connectivity index (χ1v) is 4.95. The Labute approximate surface area is 84.9 Å². The van der Waals surface area contributed by atoms with Gasteiger partial charge in [-0.3, -0.25) is 0 Å². The lowest BCUT2D eigenvalue weighted by molar-refractivity contribution is 0.0221. The SMILES string of the molecule is Brc1cnc([C@@H]2CNCCO2)nc1. The smallest absolute Gasteiger partial charge is 0.158 e. The van der Waals surface area contributed by atoms with E-state index in [9.17, 15) is 0 Å². The molecule has 0 saturated carbocycles. The number of ether oxygens (including phenoxy) is 1. The number of nitrogens with one attached hydrogen (secondary N) is 1. The van der Waals surface area contributed by atoms with E-state index in [0.717, 1.165) is 30.0 Å². The van der Waals surface area contributed by atoms with Crippen LogP contribution in [-0.4, -0.2) is 29.7 Å². The Morgan fingerprint density at radius 1 is 1.46 bits per heavy atom. The molecule has 70 valence electrons. The van der Waals surface area contributed by atoms with E-state index in [4.69, 9.17) is 4.74 Å². The summed E-state index contributed by atoms with van der Waals surface area (Å²) in [6.45, 7) is 2.43. The van der Waals surface area contributed by atoms with Gasteiger partial charge in [-0.05, 0) is 15.9 Å². The van der Waals surface area contributed by atoms with Crippen LogP contribution in [0.3, 0.4) is 0 Å². The van der Waals surface area contributed by atoms with E-state index in [2.05, 4.69) is 31.2 Å². The first-order chi connectivity index (χ1) is 6.36. The molecule has 0 aliphatic carbocycles. The van der Waals surface area contributed by atoms with E-state index in [1.807, 2.05) is 0 Å². The summed E-state index contributed by atoms with van der Waals surface area (Å²) in [5.41, 5.74) is 0. The summed E-state index contributed by atoms with van der Waals surface area (Å²) in [4.78, 5) is 8.36. The molecule has 1 aromatic heterocycles. The number of nitrogens with zero attached hydrogens (tertiary/aromatic N) is 2. The molecule has 13 heavy (non-hydrogen) atoms. The molecule has 1 N–H and O–H groups in total. The Kier molecular flexibility index (Phi) is 2.87. The summed E-state index contributed by atoms with van der Waals surface area (Å²) in [5, 5.41) is 3.23. The van der Waals surface area contributed by atoms with Crippen LogP contribution < -0.4 is 5.32 Å². The van der Waals surface area contributed by atoms with Crippen molar-refractivity contribution < 1.29 is 4.74 Å². The highest BCUT2D eigenvalue weighted by Crippen LogP contribution is 2.15. The largest absolute Gasteiger partial charge is 0.368 e. The van der Waals surface area contributed by atoms with Crippen LogP contribution >= 0.6 is 15.9 Å². The minimum absolute atomic E-state index is 0.00171. The molecule has 0 unspecified atom stereocenters. The second-order valence-electron chi connectivity index (χ2n) is 2.82. The van der Waals surface area contributed by atoms with E-state index in [1.165, 1.54) is 0 Å². The Bertz CT molecular complexity index is 271. The predicted molar refractivity (Wildman–Crippen MR) is 51.3 cm³/mol. The fraction of sp³-hybridized carbons (Fsp3) is 0.500. The lowest BCUT2D eigenvalue weighted by Gasteiger charge is -2.21. The summed E-state index contributed by atoms with van der Waals surface area (Å²) in [6.07, 6.45) is 3.47. The van der Waals surface area contributed by atoms with Crippen molar-refractivity contribution in [1.82, 2.24) is 15.3 Å². The van der Waals surface area contributed by atoms with Crippen LogP contribution in [0.15, 0.2) is 16.9 Å². The fourth-order valence-electron chi connectivity index (χ4n) is 1.22. The zero-order valence-electron chi connectivity index (χ0n) is 7.03. The van der Waals surface area contributed by atoms with Gasteiger partial charge in [0.1, 0.15) is 6.10 Å². The summed E-state index contributed by atoms with van der Waals surface area (Å²) in [7, 11) is 0. The highest BCUT2D eigenvalue weighted by Gasteiger charge is 2.17. The molecule has 0 aromatic carbocycles. The van der Waals surface area contributed by atoms with Crippen molar-refractivity contribution in [1.29, 1.82) is 0 Å². The number of hydrogen-bond acceptors (Lipinski definition) is 4. The van der Waals surface area contributed by atoms with Crippen molar-refractivity contribution in [2.24, 2.45) is 0 Å². The zero-order valence-corrected chi connectivity index (χ0v) is 8.62. The van der Waals surface area contributed by atoms with Crippen LogP contribution in [-0.2, 0) is 4.74 Å². The molecule has 0 spiro atoms. The van der Waals surface area contributed by atoms with E-state index >= 15 is 0 Å². The first kappa shape index (κ1) is 9.05. The molecule has 2 rings (SSSR count). The standard InChI is InChI=1S/C8H10BrN3O/c9-6-3-11-8(12-4-6)7-5-10-1-2-13-7/h3-4,7,10H,1-2,5H2/t7-/m0/s1. The summed E-state index contributed by atoms with van der Waals surface area (Å²) < 4.78 is 6.39. The fourth-order valence-corrected chi connectivity index (χ4v) is 1.42. The quantitative estimate of drug-likeness (QED) is 0.797. The number of halogens is 1. The Hall–Kier alpha value is -0.520. The van der Waals surface area contributed by atoms with Crippen molar-refractivity contribution >= 4 is 15.9 Å². The normalized spacial score (nSPS) is 23.0. The molecule has 1 fully saturated rings. The lowest BCUT2D eigenvalue weighted by atomic mass is 10.3. The zero-order chi connectivity index (χ0) is 9.10. The van der Waals surface area contributed by atoms with Gasteiger partial charge >= 0.3 is 0 Å². The van der Waals surface area contributed by atoms with Gasteiger partial charge in [0.05, 0.1) is 11.1 Å². The van der Waals surface area contributed by atoms with Crippen LogP contribution in [0, 0.1) is 0 Å². The van der Waals surface area contributed by atoms with Crippen molar-refractivity contribution in [3.63, 3.8) is 0 Å². The predicted octanol–water partition coefficient (Wildman–Crippen LogP) is 0.900. The Morgan fingerprint density at radius 3 is 2.85 bits per heavy atom. The Morgan fingerprint density at radius 2 is 2.23 bits per heavy atom. The van der Waals surface area contributed by atoms with Gasteiger partial charge in [0.25, 0.3) is 0 Å². The first-order valence-electron chi connectivity index (χ1n) is 4.16. The molecule has 1 aliphatic rings. The van der Waals surface area contributed by atoms with Gasteiger partial charge in [0.15, 0.2) is 5.82 Å².